The summed E-state index contributed by atoms with van der Waals surface area (Å²) in [6.45, 7) is 9.03. The van der Waals surface area contributed by atoms with Gasteiger partial charge in [0.1, 0.15) is 18.8 Å². The van der Waals surface area contributed by atoms with Crippen LogP contribution in [0.25, 0.3) is 0 Å². The lowest BCUT2D eigenvalue weighted by Gasteiger charge is -2.29. The highest BCUT2D eigenvalue weighted by Gasteiger charge is 2.71. The lowest BCUT2D eigenvalue weighted by molar-refractivity contribution is -0.229. The monoisotopic (exact) mass is 410 g/mol. The number of hydrogen-bond acceptors (Lipinski definition) is 8. The Morgan fingerprint density at radius 3 is 2.52 bits per heavy atom. The van der Waals surface area contributed by atoms with E-state index in [4.69, 9.17) is 28.4 Å². The molecule has 0 radical (unpaired) electrons. The molecule has 4 atom stereocenters. The normalized spacial score (nSPS) is 36.9. The minimum atomic E-state index is -1.52. The van der Waals surface area contributed by atoms with Crippen molar-refractivity contribution in [1.82, 2.24) is 0 Å². The molecule has 1 aliphatic carbocycles. The first-order chi connectivity index (χ1) is 13.8. The molecule has 0 aromatic carbocycles. The van der Waals surface area contributed by atoms with Crippen LogP contribution in [0, 0.1) is 0 Å². The molecule has 4 rings (SSSR count). The van der Waals surface area contributed by atoms with Gasteiger partial charge >= 0.3 is 11.9 Å². The van der Waals surface area contributed by atoms with Crippen LogP contribution in [0.4, 0.5) is 0 Å². The molecule has 1 saturated carbocycles. The fourth-order valence-corrected chi connectivity index (χ4v) is 4.73. The van der Waals surface area contributed by atoms with Crippen molar-refractivity contribution in [2.24, 2.45) is 0 Å². The molecule has 0 N–H and O–H groups in total. The van der Waals surface area contributed by atoms with E-state index in [-0.39, 0.29) is 12.2 Å². The summed E-state index contributed by atoms with van der Waals surface area (Å²) >= 11 is 0. The van der Waals surface area contributed by atoms with Crippen molar-refractivity contribution >= 4 is 11.9 Å². The SMILES string of the molecule is C=C(C)C(=O)OCC12OC(CC)(CC)OC1C(C1COC3(CCCC3)O1)OC2=O. The quantitative estimate of drug-likeness (QED) is 0.487. The molecule has 4 unspecified atom stereocenters. The van der Waals surface area contributed by atoms with Crippen molar-refractivity contribution in [2.45, 2.75) is 94.8 Å². The van der Waals surface area contributed by atoms with Gasteiger partial charge in [-0.15, -0.1) is 0 Å². The van der Waals surface area contributed by atoms with Gasteiger partial charge in [0, 0.05) is 18.4 Å². The number of carbonyl (C=O) groups excluding carboxylic acids is 2. The van der Waals surface area contributed by atoms with E-state index < -0.39 is 47.4 Å². The first kappa shape index (κ1) is 20.8. The van der Waals surface area contributed by atoms with E-state index in [1.54, 1.807) is 6.92 Å². The second-order valence-corrected chi connectivity index (χ2v) is 8.46. The summed E-state index contributed by atoms with van der Waals surface area (Å²) in [6, 6.07) is 0. The van der Waals surface area contributed by atoms with Crippen LogP contribution in [-0.4, -0.2) is 60.6 Å². The van der Waals surface area contributed by atoms with Gasteiger partial charge in [-0.3, -0.25) is 0 Å². The van der Waals surface area contributed by atoms with Gasteiger partial charge in [-0.1, -0.05) is 20.4 Å². The summed E-state index contributed by atoms with van der Waals surface area (Å²) in [5, 5.41) is 0. The van der Waals surface area contributed by atoms with Crippen LogP contribution in [0.5, 0.6) is 0 Å². The van der Waals surface area contributed by atoms with Crippen LogP contribution in [-0.2, 0) is 38.0 Å². The van der Waals surface area contributed by atoms with E-state index in [2.05, 4.69) is 6.58 Å². The summed E-state index contributed by atoms with van der Waals surface area (Å²) < 4.78 is 35.7. The molecule has 162 valence electrons. The van der Waals surface area contributed by atoms with Crippen LogP contribution in [0.2, 0.25) is 0 Å². The Labute approximate surface area is 170 Å². The van der Waals surface area contributed by atoms with E-state index in [1.807, 2.05) is 13.8 Å². The second kappa shape index (κ2) is 7.34. The van der Waals surface area contributed by atoms with E-state index in [1.165, 1.54) is 0 Å². The van der Waals surface area contributed by atoms with Crippen LogP contribution in [0.3, 0.4) is 0 Å². The maximum atomic E-state index is 13.0. The zero-order valence-corrected chi connectivity index (χ0v) is 17.4. The zero-order valence-electron chi connectivity index (χ0n) is 17.4. The summed E-state index contributed by atoms with van der Waals surface area (Å²) in [4.78, 5) is 25.0. The molecule has 0 amide bonds. The predicted molar refractivity (Wildman–Crippen MR) is 99.7 cm³/mol. The molecule has 4 aliphatic rings. The molecule has 0 aromatic heterocycles. The third-order valence-corrected chi connectivity index (χ3v) is 6.51. The van der Waals surface area contributed by atoms with Gasteiger partial charge in [0.2, 0.25) is 5.60 Å². The van der Waals surface area contributed by atoms with Crippen molar-refractivity contribution in [2.75, 3.05) is 13.2 Å². The summed E-state index contributed by atoms with van der Waals surface area (Å²) in [7, 11) is 0. The van der Waals surface area contributed by atoms with Gasteiger partial charge < -0.3 is 28.4 Å². The third kappa shape index (κ3) is 3.30. The van der Waals surface area contributed by atoms with Crippen molar-refractivity contribution in [3.8, 4) is 0 Å². The topological polar surface area (TPSA) is 89.5 Å². The Balaban J connectivity index is 1.59. The van der Waals surface area contributed by atoms with Gasteiger partial charge in [-0.2, -0.15) is 0 Å². The Morgan fingerprint density at radius 1 is 1.21 bits per heavy atom. The number of hydrogen-bond donors (Lipinski definition) is 0. The molecular formula is C21H30O8. The van der Waals surface area contributed by atoms with E-state index in [0.29, 0.717) is 19.4 Å². The average molecular weight is 410 g/mol. The highest BCUT2D eigenvalue weighted by Crippen LogP contribution is 2.50. The Kier molecular flexibility index (Phi) is 5.26. The number of ether oxygens (including phenoxy) is 6. The lowest BCUT2D eigenvalue weighted by Crippen LogP contribution is -2.51. The molecule has 29 heavy (non-hydrogen) atoms. The van der Waals surface area contributed by atoms with Crippen LogP contribution >= 0.6 is 0 Å². The molecule has 4 fully saturated rings. The number of rotatable bonds is 6. The summed E-state index contributed by atoms with van der Waals surface area (Å²) in [5.41, 5.74) is -1.27. The van der Waals surface area contributed by atoms with Crippen LogP contribution in [0.1, 0.15) is 59.3 Å². The molecule has 0 aromatic rings. The summed E-state index contributed by atoms with van der Waals surface area (Å²) in [5.74, 6) is -2.71. The molecule has 3 aliphatic heterocycles. The van der Waals surface area contributed by atoms with E-state index >= 15 is 0 Å². The first-order valence-electron chi connectivity index (χ1n) is 10.5. The number of esters is 2. The predicted octanol–water partition coefficient (Wildman–Crippen LogP) is 2.39. The number of carbonyl (C=O) groups is 2. The highest BCUT2D eigenvalue weighted by atomic mass is 16.8. The van der Waals surface area contributed by atoms with Crippen LogP contribution < -0.4 is 0 Å². The van der Waals surface area contributed by atoms with Crippen molar-refractivity contribution in [1.29, 1.82) is 0 Å². The standard InChI is InChI=1S/C21H30O8/c1-5-19(6-2)28-16-15(14-11-25-20(27-14)9-7-8-10-20)26-18(23)21(16,29-19)12-24-17(22)13(3)4/h14-16H,3,5-12H2,1-2,4H3. The molecule has 8 nitrogen and oxygen atoms in total. The lowest BCUT2D eigenvalue weighted by atomic mass is 9.94. The van der Waals surface area contributed by atoms with Gasteiger partial charge in [-0.05, 0) is 32.6 Å². The fourth-order valence-electron chi connectivity index (χ4n) is 4.73. The smallest absolute Gasteiger partial charge is 0.345 e. The van der Waals surface area contributed by atoms with Crippen molar-refractivity contribution in [3.05, 3.63) is 12.2 Å². The third-order valence-electron chi connectivity index (χ3n) is 6.51. The minimum absolute atomic E-state index is 0.243. The molecule has 8 heteroatoms. The maximum absolute atomic E-state index is 13.0. The Bertz CT molecular complexity index is 693. The van der Waals surface area contributed by atoms with Crippen molar-refractivity contribution in [3.63, 3.8) is 0 Å². The Hall–Kier alpha value is -1.48. The number of fused-ring (bicyclic) bond motifs is 1. The number of cyclic esters (lactones) is 1. The van der Waals surface area contributed by atoms with Gasteiger partial charge in [0.15, 0.2) is 17.7 Å². The molecule has 0 bridgehead atoms. The van der Waals surface area contributed by atoms with Crippen LogP contribution in [0.15, 0.2) is 12.2 Å². The van der Waals surface area contributed by atoms with Crippen molar-refractivity contribution < 1.29 is 38.0 Å². The highest BCUT2D eigenvalue weighted by molar-refractivity contribution is 5.88. The Morgan fingerprint density at radius 2 is 1.90 bits per heavy atom. The maximum Gasteiger partial charge on any atom is 0.345 e. The van der Waals surface area contributed by atoms with Gasteiger partial charge in [-0.25, -0.2) is 9.59 Å². The van der Waals surface area contributed by atoms with Gasteiger partial charge in [0.05, 0.1) is 6.61 Å². The van der Waals surface area contributed by atoms with Gasteiger partial charge in [0.25, 0.3) is 0 Å². The average Bonchev–Trinajstić information content (AvgIpc) is 3.46. The zero-order chi connectivity index (χ0) is 20.9. The van der Waals surface area contributed by atoms with E-state index in [0.717, 1.165) is 25.7 Å². The molecule has 1 spiro atoms. The minimum Gasteiger partial charge on any atom is -0.458 e. The largest absolute Gasteiger partial charge is 0.458 e. The molecule has 3 heterocycles. The molecule has 3 saturated heterocycles. The van der Waals surface area contributed by atoms with E-state index in [9.17, 15) is 9.59 Å². The first-order valence-corrected chi connectivity index (χ1v) is 10.5. The molecular weight excluding hydrogens is 380 g/mol. The summed E-state index contributed by atoms with van der Waals surface area (Å²) in [6.07, 6.45) is 2.97. The second-order valence-electron chi connectivity index (χ2n) is 8.46. The fraction of sp³-hybridized carbons (Fsp3) is 0.810.